The molecule has 4 nitrogen and oxygen atoms in total. The molecule has 0 spiro atoms. The maximum absolute atomic E-state index is 12.3. The Balaban J connectivity index is 1.82. The van der Waals surface area contributed by atoms with Crippen molar-refractivity contribution in [3.8, 4) is 0 Å². The second-order valence-corrected chi connectivity index (χ2v) is 6.62. The van der Waals surface area contributed by atoms with Gasteiger partial charge in [-0.15, -0.1) is 11.3 Å². The summed E-state index contributed by atoms with van der Waals surface area (Å²) in [5.74, 6) is 0. The molecule has 2 heterocycles. The van der Waals surface area contributed by atoms with Crippen molar-refractivity contribution in [3.63, 3.8) is 0 Å². The van der Waals surface area contributed by atoms with Crippen molar-refractivity contribution in [2.24, 2.45) is 0 Å². The minimum atomic E-state index is -4.11. The fraction of sp³-hybridized carbons (Fsp3) is 0.769. The molecule has 120 valence electrons. The summed E-state index contributed by atoms with van der Waals surface area (Å²) in [5, 5.41) is 4.23. The molecule has 0 aromatic carbocycles. The number of rotatable bonds is 5. The van der Waals surface area contributed by atoms with Gasteiger partial charge in [0.05, 0.1) is 6.54 Å². The van der Waals surface area contributed by atoms with E-state index in [0.717, 1.165) is 16.6 Å². The molecule has 1 aromatic heterocycles. The predicted molar refractivity (Wildman–Crippen MR) is 78.8 cm³/mol. The molecule has 1 aliphatic rings. The number of thiazole rings is 1. The van der Waals surface area contributed by atoms with E-state index in [-0.39, 0.29) is 0 Å². The van der Waals surface area contributed by atoms with Crippen LogP contribution in [0.3, 0.4) is 0 Å². The van der Waals surface area contributed by atoms with Gasteiger partial charge in [0.1, 0.15) is 0 Å². The zero-order valence-electron chi connectivity index (χ0n) is 12.3. The molecular weight excluding hydrogens is 301 g/mol. The van der Waals surface area contributed by atoms with Crippen LogP contribution >= 0.6 is 11.3 Å². The van der Waals surface area contributed by atoms with Crippen LogP contribution in [0.2, 0.25) is 0 Å². The number of hydrogen-bond donors (Lipinski definition) is 1. The number of alkyl halides is 3. The Morgan fingerprint density at radius 2 is 1.95 bits per heavy atom. The first-order valence-corrected chi connectivity index (χ1v) is 7.87. The van der Waals surface area contributed by atoms with Crippen LogP contribution in [0.4, 0.5) is 18.3 Å². The highest BCUT2D eigenvalue weighted by atomic mass is 32.1. The number of piperazine rings is 1. The second-order valence-electron chi connectivity index (χ2n) is 5.52. The minimum absolute atomic E-state index is 0.418. The first kappa shape index (κ1) is 16.5. The summed E-state index contributed by atoms with van der Waals surface area (Å²) in [7, 11) is 0. The summed E-state index contributed by atoms with van der Waals surface area (Å²) in [6, 6.07) is 0.418. The van der Waals surface area contributed by atoms with Gasteiger partial charge in [0, 0.05) is 49.8 Å². The van der Waals surface area contributed by atoms with E-state index in [4.69, 9.17) is 0 Å². The number of anilines is 1. The van der Waals surface area contributed by atoms with Gasteiger partial charge in [0.15, 0.2) is 5.13 Å². The van der Waals surface area contributed by atoms with Gasteiger partial charge in [-0.3, -0.25) is 4.90 Å². The van der Waals surface area contributed by atoms with E-state index in [2.05, 4.69) is 29.0 Å². The highest BCUT2D eigenvalue weighted by Gasteiger charge is 2.32. The van der Waals surface area contributed by atoms with Crippen molar-refractivity contribution >= 4 is 16.5 Å². The lowest BCUT2D eigenvalue weighted by atomic mass is 10.3. The van der Waals surface area contributed by atoms with Crippen molar-refractivity contribution in [1.29, 1.82) is 0 Å². The van der Waals surface area contributed by atoms with Crippen LogP contribution < -0.4 is 10.2 Å². The van der Waals surface area contributed by atoms with Crippen LogP contribution in [0.25, 0.3) is 0 Å². The van der Waals surface area contributed by atoms with E-state index >= 15 is 0 Å². The van der Waals surface area contributed by atoms with Crippen LogP contribution in [0.5, 0.6) is 0 Å². The van der Waals surface area contributed by atoms with E-state index in [9.17, 15) is 13.2 Å². The molecule has 8 heteroatoms. The molecule has 0 saturated carbocycles. The van der Waals surface area contributed by atoms with Gasteiger partial charge in [0.25, 0.3) is 0 Å². The molecule has 1 N–H and O–H groups in total. The summed E-state index contributed by atoms with van der Waals surface area (Å²) >= 11 is 1.61. The van der Waals surface area contributed by atoms with Crippen molar-refractivity contribution in [1.82, 2.24) is 15.2 Å². The Bertz CT molecular complexity index is 439. The fourth-order valence-electron chi connectivity index (χ4n) is 2.18. The van der Waals surface area contributed by atoms with Gasteiger partial charge in [-0.25, -0.2) is 4.98 Å². The second kappa shape index (κ2) is 6.93. The molecule has 1 saturated heterocycles. The average Bonchev–Trinajstić information content (AvgIpc) is 2.84. The molecule has 0 aliphatic carbocycles. The van der Waals surface area contributed by atoms with E-state index in [0.29, 0.717) is 32.2 Å². The van der Waals surface area contributed by atoms with Gasteiger partial charge in [-0.2, -0.15) is 13.2 Å². The van der Waals surface area contributed by atoms with Crippen molar-refractivity contribution < 1.29 is 13.2 Å². The van der Waals surface area contributed by atoms with Crippen LogP contribution in [0, 0.1) is 0 Å². The van der Waals surface area contributed by atoms with Gasteiger partial charge >= 0.3 is 6.18 Å². The normalized spacial score (nSPS) is 17.7. The molecule has 1 aromatic rings. The molecule has 1 aliphatic heterocycles. The largest absolute Gasteiger partial charge is 0.401 e. The molecule has 0 radical (unpaired) electrons. The molecule has 0 atom stereocenters. The Hall–Kier alpha value is -0.860. The summed E-state index contributed by atoms with van der Waals surface area (Å²) in [4.78, 5) is 9.05. The zero-order chi connectivity index (χ0) is 15.5. The van der Waals surface area contributed by atoms with E-state index in [1.54, 1.807) is 11.3 Å². The smallest absolute Gasteiger partial charge is 0.346 e. The number of nitrogens with one attached hydrogen (secondary N) is 1. The van der Waals surface area contributed by atoms with E-state index in [1.807, 2.05) is 6.20 Å². The number of hydrogen-bond acceptors (Lipinski definition) is 5. The molecule has 21 heavy (non-hydrogen) atoms. The first-order chi connectivity index (χ1) is 9.83. The predicted octanol–water partition coefficient (Wildman–Crippen LogP) is 2.33. The SMILES string of the molecule is CC(C)NCc1cnc(N2CCN(CC(F)(F)F)CC2)s1. The molecule has 0 amide bonds. The average molecular weight is 322 g/mol. The van der Waals surface area contributed by atoms with Crippen molar-refractivity contribution in [2.75, 3.05) is 37.6 Å². The van der Waals surface area contributed by atoms with Gasteiger partial charge < -0.3 is 10.2 Å². The van der Waals surface area contributed by atoms with Crippen LogP contribution in [0.15, 0.2) is 6.20 Å². The maximum Gasteiger partial charge on any atom is 0.401 e. The first-order valence-electron chi connectivity index (χ1n) is 7.05. The number of aromatic nitrogens is 1. The standard InChI is InChI=1S/C13H21F3N4S/c1-10(2)17-7-11-8-18-12(21-11)20-5-3-19(4-6-20)9-13(14,15)16/h8,10,17H,3-7,9H2,1-2H3. The van der Waals surface area contributed by atoms with Crippen LogP contribution in [-0.4, -0.2) is 54.8 Å². The Morgan fingerprint density at radius 3 is 2.52 bits per heavy atom. The lowest BCUT2D eigenvalue weighted by Crippen LogP contribution is -2.49. The van der Waals surface area contributed by atoms with Crippen molar-refractivity contribution in [2.45, 2.75) is 32.6 Å². The Labute approximate surface area is 127 Å². The monoisotopic (exact) mass is 322 g/mol. The minimum Gasteiger partial charge on any atom is -0.346 e. The number of nitrogens with zero attached hydrogens (tertiary/aromatic N) is 3. The molecule has 2 rings (SSSR count). The summed E-state index contributed by atoms with van der Waals surface area (Å²) in [5.41, 5.74) is 0. The summed E-state index contributed by atoms with van der Waals surface area (Å²) in [6.07, 6.45) is -2.27. The Kier molecular flexibility index (Phi) is 5.45. The van der Waals surface area contributed by atoms with Gasteiger partial charge in [-0.1, -0.05) is 13.8 Å². The highest BCUT2D eigenvalue weighted by molar-refractivity contribution is 7.15. The third-order valence-electron chi connectivity index (χ3n) is 3.27. The number of halogens is 3. The zero-order valence-corrected chi connectivity index (χ0v) is 13.1. The van der Waals surface area contributed by atoms with Gasteiger partial charge in [0.2, 0.25) is 0 Å². The molecule has 0 bridgehead atoms. The molecule has 0 unspecified atom stereocenters. The third-order valence-corrected chi connectivity index (χ3v) is 4.33. The molecular formula is C13H21F3N4S. The fourth-order valence-corrected chi connectivity index (χ4v) is 3.09. The Morgan fingerprint density at radius 1 is 1.29 bits per heavy atom. The summed E-state index contributed by atoms with van der Waals surface area (Å²) < 4.78 is 37.0. The highest BCUT2D eigenvalue weighted by Crippen LogP contribution is 2.24. The summed E-state index contributed by atoms with van der Waals surface area (Å²) in [6.45, 7) is 6.19. The quantitative estimate of drug-likeness (QED) is 0.901. The third kappa shape index (κ3) is 5.44. The van der Waals surface area contributed by atoms with E-state index < -0.39 is 12.7 Å². The van der Waals surface area contributed by atoms with Crippen LogP contribution in [0.1, 0.15) is 18.7 Å². The van der Waals surface area contributed by atoms with Gasteiger partial charge in [-0.05, 0) is 0 Å². The lowest BCUT2D eigenvalue weighted by Gasteiger charge is -2.34. The van der Waals surface area contributed by atoms with Crippen LogP contribution in [-0.2, 0) is 6.54 Å². The maximum atomic E-state index is 12.3. The van der Waals surface area contributed by atoms with E-state index in [1.165, 1.54) is 4.90 Å². The lowest BCUT2D eigenvalue weighted by molar-refractivity contribution is -0.146. The molecule has 1 fully saturated rings. The topological polar surface area (TPSA) is 31.4 Å². The van der Waals surface area contributed by atoms with Crippen molar-refractivity contribution in [3.05, 3.63) is 11.1 Å².